The van der Waals surface area contributed by atoms with Crippen LogP contribution in [0.3, 0.4) is 0 Å². The number of oxazole rings is 1. The van der Waals surface area contributed by atoms with Gasteiger partial charge in [0.2, 0.25) is 5.89 Å². The molecule has 0 atom stereocenters. The average molecular weight is 662 g/mol. The molecule has 0 aliphatic heterocycles. The summed E-state index contributed by atoms with van der Waals surface area (Å²) >= 11 is 0. The van der Waals surface area contributed by atoms with Crippen LogP contribution in [0.5, 0.6) is 0 Å². The summed E-state index contributed by atoms with van der Waals surface area (Å²) in [7, 11) is 0. The predicted molar refractivity (Wildman–Crippen MR) is 210 cm³/mol. The van der Waals surface area contributed by atoms with Gasteiger partial charge >= 0.3 is 0 Å². The fourth-order valence-electron chi connectivity index (χ4n) is 6.68. The van der Waals surface area contributed by atoms with Crippen LogP contribution >= 0.6 is 0 Å². The Bertz CT molecular complexity index is 3250. The Morgan fingerprint density at radius 1 is 0.490 bits per heavy atom. The van der Waals surface area contributed by atoms with Crippen LogP contribution in [0.25, 0.3) is 77.5 Å². The van der Waals surface area contributed by atoms with Gasteiger partial charge in [-0.25, -0.2) is 4.98 Å². The zero-order chi connectivity index (χ0) is 39.8. The summed E-state index contributed by atoms with van der Waals surface area (Å²) in [6, 6.07) is 40.6. The fourth-order valence-corrected chi connectivity index (χ4v) is 6.68. The molecule has 8 aromatic carbocycles. The summed E-state index contributed by atoms with van der Waals surface area (Å²) in [6.45, 7) is 0. The van der Waals surface area contributed by atoms with Gasteiger partial charge in [0.1, 0.15) is 16.7 Å². The molecule has 2 aromatic heterocycles. The van der Waals surface area contributed by atoms with Gasteiger partial charge in [-0.05, 0) is 99.7 Å². The summed E-state index contributed by atoms with van der Waals surface area (Å²) < 4.78 is 77.4. The first-order valence-corrected chi connectivity index (χ1v) is 16.5. The van der Waals surface area contributed by atoms with Gasteiger partial charge < -0.3 is 13.7 Å². The number of rotatable bonds is 6. The van der Waals surface area contributed by atoms with Gasteiger partial charge in [0.05, 0.1) is 9.60 Å². The van der Waals surface area contributed by atoms with E-state index >= 15 is 0 Å². The first kappa shape index (κ1) is 22.7. The largest absolute Gasteiger partial charge is 0.456 e. The number of benzene rings is 8. The Morgan fingerprint density at radius 2 is 1.27 bits per heavy atom. The van der Waals surface area contributed by atoms with Crippen LogP contribution in [0.2, 0.25) is 0 Å². The lowest BCUT2D eigenvalue weighted by Crippen LogP contribution is -2.10. The molecule has 0 spiro atoms. The zero-order valence-corrected chi connectivity index (χ0v) is 27.0. The molecule has 51 heavy (non-hydrogen) atoms. The van der Waals surface area contributed by atoms with Crippen molar-refractivity contribution in [3.05, 3.63) is 182 Å². The molecule has 0 bridgehead atoms. The Labute approximate surface area is 304 Å². The van der Waals surface area contributed by atoms with E-state index in [4.69, 9.17) is 19.3 Å². The van der Waals surface area contributed by atoms with E-state index in [1.807, 2.05) is 91.0 Å². The van der Waals surface area contributed by atoms with Crippen LogP contribution in [-0.2, 0) is 0 Å². The molecule has 0 saturated carbocycles. The van der Waals surface area contributed by atoms with Crippen LogP contribution in [0.1, 0.15) is 9.60 Å². The monoisotopic (exact) mass is 661 g/mol. The van der Waals surface area contributed by atoms with E-state index in [9.17, 15) is 4.11 Å². The van der Waals surface area contributed by atoms with Crippen molar-refractivity contribution >= 4 is 60.9 Å². The lowest BCUT2D eigenvalue weighted by atomic mass is 10.00. The molecule has 0 saturated heterocycles. The van der Waals surface area contributed by atoms with Gasteiger partial charge in [0, 0.05) is 39.5 Å². The van der Waals surface area contributed by atoms with Crippen molar-refractivity contribution in [2.45, 2.75) is 0 Å². The molecule has 4 heteroatoms. The maximum Gasteiger partial charge on any atom is 0.228 e. The van der Waals surface area contributed by atoms with Crippen LogP contribution in [0.4, 0.5) is 17.1 Å². The van der Waals surface area contributed by atoms with Gasteiger partial charge in [0.15, 0.2) is 5.58 Å². The number of para-hydroxylation sites is 2. The Hall–Kier alpha value is -6.91. The third kappa shape index (κ3) is 5.13. The maximum atomic E-state index is 9.75. The SMILES string of the molecule is [2H]c1cc(N(c2ccc3c(c2)oc2cccc(-c4nc5ccccc5o4)c23)c2c([2H])c([2H])c([2H])c(-c3ccc4ccccc4c3)c2[2H])c([2H])c(-c2ccccc2)c1[2H]. The van der Waals surface area contributed by atoms with Crippen molar-refractivity contribution in [3.63, 3.8) is 0 Å². The molecule has 240 valence electrons. The van der Waals surface area contributed by atoms with Crippen LogP contribution in [0.15, 0.2) is 191 Å². The lowest BCUT2D eigenvalue weighted by Gasteiger charge is -2.26. The lowest BCUT2D eigenvalue weighted by molar-refractivity contribution is 0.620. The van der Waals surface area contributed by atoms with E-state index in [1.54, 1.807) is 42.5 Å². The number of fused-ring (bicyclic) bond motifs is 5. The molecular formula is C47H30N2O2. The molecule has 10 aromatic rings. The van der Waals surface area contributed by atoms with Crippen LogP contribution in [0, 0.1) is 0 Å². The van der Waals surface area contributed by atoms with Crippen molar-refractivity contribution in [1.82, 2.24) is 4.98 Å². The number of anilines is 3. The van der Waals surface area contributed by atoms with E-state index in [2.05, 4.69) is 0 Å². The predicted octanol–water partition coefficient (Wildman–Crippen LogP) is 13.4. The molecule has 4 nitrogen and oxygen atoms in total. The topological polar surface area (TPSA) is 42.4 Å². The molecule has 0 aliphatic carbocycles. The first-order valence-electron chi connectivity index (χ1n) is 20.0. The van der Waals surface area contributed by atoms with Crippen molar-refractivity contribution in [2.24, 2.45) is 0 Å². The second-order valence-electron chi connectivity index (χ2n) is 12.2. The van der Waals surface area contributed by atoms with E-state index in [0.717, 1.165) is 32.6 Å². The Balaban J connectivity index is 1.25. The van der Waals surface area contributed by atoms with Crippen LogP contribution < -0.4 is 4.90 Å². The third-order valence-corrected chi connectivity index (χ3v) is 9.10. The number of furan rings is 1. The van der Waals surface area contributed by atoms with Crippen molar-refractivity contribution < 1.29 is 18.4 Å². The maximum absolute atomic E-state index is 9.75. The second-order valence-corrected chi connectivity index (χ2v) is 12.2. The fraction of sp³-hybridized carbons (Fsp3) is 0. The molecule has 0 aliphatic rings. The highest BCUT2D eigenvalue weighted by molar-refractivity contribution is 6.12. The van der Waals surface area contributed by atoms with E-state index < -0.39 is 12.1 Å². The summed E-state index contributed by atoms with van der Waals surface area (Å²) in [6.07, 6.45) is 0. The van der Waals surface area contributed by atoms with Gasteiger partial charge in [0.25, 0.3) is 0 Å². The van der Waals surface area contributed by atoms with Crippen molar-refractivity contribution in [2.75, 3.05) is 4.90 Å². The quantitative estimate of drug-likeness (QED) is 0.178. The van der Waals surface area contributed by atoms with Gasteiger partial charge in [-0.15, -0.1) is 0 Å². The number of aromatic nitrogens is 1. The minimum Gasteiger partial charge on any atom is -0.456 e. The summed E-state index contributed by atoms with van der Waals surface area (Å²) in [5.74, 6) is 0.434. The highest BCUT2D eigenvalue weighted by Gasteiger charge is 2.20. The zero-order valence-electron chi connectivity index (χ0n) is 34.0. The van der Waals surface area contributed by atoms with Crippen molar-refractivity contribution in [3.8, 4) is 33.7 Å². The summed E-state index contributed by atoms with van der Waals surface area (Å²) in [4.78, 5) is 6.26. The normalized spacial score (nSPS) is 13.5. The highest BCUT2D eigenvalue weighted by atomic mass is 16.3. The average Bonchev–Trinajstić information content (AvgIpc) is 3.85. The summed E-state index contributed by atoms with van der Waals surface area (Å²) in [5.41, 5.74) is 5.02. The highest BCUT2D eigenvalue weighted by Crippen LogP contribution is 2.43. The molecule has 0 fully saturated rings. The number of hydrogen-bond donors (Lipinski definition) is 0. The standard InChI is InChI=1S/C47H30N2O2/c1-2-11-31(12-3-1)34-15-8-17-37(28-34)49(38-18-9-16-35(29-38)36-24-23-32-13-4-5-14-33(32)27-36)39-25-26-40-45(30-39)50-44-22-10-19-41(46(40)44)47-48-42-20-6-7-21-43(42)51-47/h1-30H/i8D,9D,15D,16D,18D,28D,29D. The van der Waals surface area contributed by atoms with Crippen LogP contribution in [-0.4, -0.2) is 4.98 Å². The molecular weight excluding hydrogens is 625 g/mol. The summed E-state index contributed by atoms with van der Waals surface area (Å²) in [5, 5.41) is 3.37. The molecule has 0 amide bonds. The number of hydrogen-bond acceptors (Lipinski definition) is 4. The first-order chi connectivity index (χ1) is 28.2. The van der Waals surface area contributed by atoms with E-state index in [-0.39, 0.29) is 52.7 Å². The Morgan fingerprint density at radius 3 is 2.20 bits per heavy atom. The van der Waals surface area contributed by atoms with Crippen molar-refractivity contribution in [1.29, 1.82) is 0 Å². The van der Waals surface area contributed by atoms with E-state index in [0.29, 0.717) is 39.5 Å². The second kappa shape index (κ2) is 11.9. The van der Waals surface area contributed by atoms with E-state index in [1.165, 1.54) is 11.0 Å². The molecule has 0 N–H and O–H groups in total. The van der Waals surface area contributed by atoms with Gasteiger partial charge in [-0.2, -0.15) is 0 Å². The van der Waals surface area contributed by atoms with Gasteiger partial charge in [-0.1, -0.05) is 109 Å². The molecule has 0 unspecified atom stereocenters. The Kier molecular flexibility index (Phi) is 5.29. The van der Waals surface area contributed by atoms with Gasteiger partial charge in [-0.3, -0.25) is 0 Å². The molecule has 0 radical (unpaired) electrons. The minimum atomic E-state index is -0.398. The smallest absolute Gasteiger partial charge is 0.228 e. The molecule has 10 rings (SSSR count). The minimum absolute atomic E-state index is 0.0589. The third-order valence-electron chi connectivity index (χ3n) is 9.10. The number of nitrogens with zero attached hydrogens (tertiary/aromatic N) is 2. The molecule has 2 heterocycles.